The largest absolute Gasteiger partial charge is 0.444 e. The third-order valence-electron chi connectivity index (χ3n) is 4.19. The molecule has 1 heterocycles. The molecule has 0 aromatic heterocycles. The second-order valence-electron chi connectivity index (χ2n) is 6.74. The van der Waals surface area contributed by atoms with Crippen LogP contribution < -0.4 is 5.73 Å². The van der Waals surface area contributed by atoms with E-state index in [0.29, 0.717) is 18.4 Å². The quantitative estimate of drug-likeness (QED) is 0.780. The van der Waals surface area contributed by atoms with Crippen molar-refractivity contribution in [3.8, 4) is 0 Å². The fourth-order valence-corrected chi connectivity index (χ4v) is 3.41. The molecule has 1 saturated heterocycles. The maximum Gasteiger partial charge on any atom is 0.410 e. The number of hydrogen-bond donors (Lipinski definition) is 1. The minimum Gasteiger partial charge on any atom is -0.444 e. The first-order valence-electron chi connectivity index (χ1n) is 7.08. The van der Waals surface area contributed by atoms with Crippen LogP contribution in [0, 0.1) is 17.8 Å². The van der Waals surface area contributed by atoms with Crippen molar-refractivity contribution >= 4 is 6.09 Å². The van der Waals surface area contributed by atoms with E-state index in [1.165, 1.54) is 19.3 Å². The number of nitrogens with zero attached hydrogens (tertiary/aromatic N) is 1. The lowest BCUT2D eigenvalue weighted by Gasteiger charge is -2.41. The molecule has 2 rings (SSSR count). The molecule has 1 aliphatic carbocycles. The van der Waals surface area contributed by atoms with Gasteiger partial charge < -0.3 is 15.4 Å². The van der Waals surface area contributed by atoms with Gasteiger partial charge in [-0.2, -0.15) is 0 Å². The van der Waals surface area contributed by atoms with Crippen LogP contribution in [0.25, 0.3) is 0 Å². The molecule has 3 atom stereocenters. The van der Waals surface area contributed by atoms with Gasteiger partial charge in [-0.05, 0) is 57.9 Å². The first kappa shape index (κ1) is 13.7. The summed E-state index contributed by atoms with van der Waals surface area (Å²) in [4.78, 5) is 14.0. The number of likely N-dealkylation sites (tertiary alicyclic amines) is 1. The summed E-state index contributed by atoms with van der Waals surface area (Å²) < 4.78 is 5.46. The van der Waals surface area contributed by atoms with Crippen molar-refractivity contribution in [1.29, 1.82) is 0 Å². The summed E-state index contributed by atoms with van der Waals surface area (Å²) >= 11 is 0. The second kappa shape index (κ2) is 5.08. The molecule has 1 aliphatic heterocycles. The van der Waals surface area contributed by atoms with Crippen LogP contribution in [-0.2, 0) is 4.74 Å². The zero-order chi connectivity index (χ0) is 13.3. The van der Waals surface area contributed by atoms with Crippen LogP contribution in [-0.4, -0.2) is 36.2 Å². The molecule has 2 aliphatic rings. The Hall–Kier alpha value is -0.770. The fourth-order valence-electron chi connectivity index (χ4n) is 3.41. The Morgan fingerprint density at radius 1 is 1.33 bits per heavy atom. The monoisotopic (exact) mass is 254 g/mol. The third-order valence-corrected chi connectivity index (χ3v) is 4.19. The molecule has 3 unspecified atom stereocenters. The lowest BCUT2D eigenvalue weighted by atomic mass is 9.80. The highest BCUT2D eigenvalue weighted by Gasteiger charge is 2.41. The van der Waals surface area contributed by atoms with Crippen molar-refractivity contribution < 1.29 is 9.53 Å². The smallest absolute Gasteiger partial charge is 0.410 e. The lowest BCUT2D eigenvalue weighted by molar-refractivity contribution is 0.00264. The Kier molecular flexibility index (Phi) is 3.85. The van der Waals surface area contributed by atoms with E-state index in [2.05, 4.69) is 0 Å². The van der Waals surface area contributed by atoms with Crippen LogP contribution in [0.5, 0.6) is 0 Å². The Morgan fingerprint density at radius 3 is 2.67 bits per heavy atom. The van der Waals surface area contributed by atoms with E-state index in [-0.39, 0.29) is 6.09 Å². The number of ether oxygens (including phenoxy) is 1. The van der Waals surface area contributed by atoms with Crippen molar-refractivity contribution in [3.05, 3.63) is 0 Å². The van der Waals surface area contributed by atoms with Crippen LogP contribution in [0.3, 0.4) is 0 Å². The van der Waals surface area contributed by atoms with Gasteiger partial charge in [-0.1, -0.05) is 6.42 Å². The van der Waals surface area contributed by atoms with Crippen molar-refractivity contribution in [2.45, 2.75) is 45.6 Å². The fraction of sp³-hybridized carbons (Fsp3) is 0.929. The van der Waals surface area contributed by atoms with Gasteiger partial charge in [0, 0.05) is 13.1 Å². The maximum atomic E-state index is 12.1. The van der Waals surface area contributed by atoms with E-state index >= 15 is 0 Å². The minimum atomic E-state index is -0.415. The summed E-state index contributed by atoms with van der Waals surface area (Å²) in [6, 6.07) is 0. The predicted molar refractivity (Wildman–Crippen MR) is 71.2 cm³/mol. The number of nitrogens with two attached hydrogens (primary N) is 1. The van der Waals surface area contributed by atoms with Crippen LogP contribution in [0.2, 0.25) is 0 Å². The van der Waals surface area contributed by atoms with Gasteiger partial charge >= 0.3 is 6.09 Å². The Morgan fingerprint density at radius 2 is 2.06 bits per heavy atom. The van der Waals surface area contributed by atoms with Crippen molar-refractivity contribution in [2.24, 2.45) is 23.5 Å². The summed E-state index contributed by atoms with van der Waals surface area (Å²) in [7, 11) is 0. The molecule has 4 nitrogen and oxygen atoms in total. The predicted octanol–water partition coefficient (Wildman–Crippen LogP) is 2.23. The minimum absolute atomic E-state index is 0.175. The Bertz CT molecular complexity index is 311. The number of fused-ring (bicyclic) bond motifs is 1. The van der Waals surface area contributed by atoms with Crippen molar-refractivity contribution in [2.75, 3.05) is 19.6 Å². The molecular weight excluding hydrogens is 228 g/mol. The molecule has 18 heavy (non-hydrogen) atoms. The summed E-state index contributed by atoms with van der Waals surface area (Å²) in [6.45, 7) is 8.04. The molecule has 2 fully saturated rings. The van der Waals surface area contributed by atoms with E-state index in [9.17, 15) is 4.79 Å². The zero-order valence-electron chi connectivity index (χ0n) is 11.8. The average Bonchev–Trinajstić information content (AvgIpc) is 2.73. The molecule has 104 valence electrons. The number of amides is 1. The van der Waals surface area contributed by atoms with Crippen LogP contribution in [0.1, 0.15) is 40.0 Å². The molecule has 1 amide bonds. The maximum absolute atomic E-state index is 12.1. The molecule has 0 spiro atoms. The normalized spacial score (nSPS) is 32.2. The lowest BCUT2D eigenvalue weighted by Crippen LogP contribution is -2.50. The van der Waals surface area contributed by atoms with Gasteiger partial charge in [-0.15, -0.1) is 0 Å². The topological polar surface area (TPSA) is 55.6 Å². The molecule has 2 N–H and O–H groups in total. The molecule has 0 aromatic carbocycles. The van der Waals surface area contributed by atoms with Crippen LogP contribution in [0.4, 0.5) is 4.79 Å². The summed E-state index contributed by atoms with van der Waals surface area (Å²) in [5, 5.41) is 0. The van der Waals surface area contributed by atoms with Crippen LogP contribution >= 0.6 is 0 Å². The number of hydrogen-bond acceptors (Lipinski definition) is 3. The van der Waals surface area contributed by atoms with E-state index in [1.807, 2.05) is 25.7 Å². The highest BCUT2D eigenvalue weighted by atomic mass is 16.6. The summed E-state index contributed by atoms with van der Waals surface area (Å²) in [5.74, 6) is 1.83. The van der Waals surface area contributed by atoms with E-state index in [0.717, 1.165) is 19.0 Å². The first-order valence-corrected chi connectivity index (χ1v) is 7.08. The van der Waals surface area contributed by atoms with E-state index < -0.39 is 5.60 Å². The molecule has 4 heteroatoms. The van der Waals surface area contributed by atoms with E-state index in [4.69, 9.17) is 10.5 Å². The molecular formula is C14H26N2O2. The number of rotatable bonds is 1. The number of carbonyl (C=O) groups excluding carboxylic acids is 1. The van der Waals surface area contributed by atoms with Gasteiger partial charge in [0.2, 0.25) is 0 Å². The van der Waals surface area contributed by atoms with Gasteiger partial charge in [0.25, 0.3) is 0 Å². The summed E-state index contributed by atoms with van der Waals surface area (Å²) in [6.07, 6.45) is 3.63. The second-order valence-corrected chi connectivity index (χ2v) is 6.74. The van der Waals surface area contributed by atoms with Gasteiger partial charge in [-0.3, -0.25) is 0 Å². The van der Waals surface area contributed by atoms with Gasteiger partial charge in [0.15, 0.2) is 0 Å². The van der Waals surface area contributed by atoms with Crippen molar-refractivity contribution in [1.82, 2.24) is 4.90 Å². The van der Waals surface area contributed by atoms with Gasteiger partial charge in [0.05, 0.1) is 0 Å². The average molecular weight is 254 g/mol. The van der Waals surface area contributed by atoms with Gasteiger partial charge in [0.1, 0.15) is 5.60 Å². The molecule has 0 radical (unpaired) electrons. The highest BCUT2D eigenvalue weighted by molar-refractivity contribution is 5.68. The van der Waals surface area contributed by atoms with Gasteiger partial charge in [-0.25, -0.2) is 4.79 Å². The number of carbonyl (C=O) groups is 1. The standard InChI is InChI=1S/C14H26N2O2/c1-14(2,3)18-13(17)16-8-10-5-4-6-12(10)11(7-15)9-16/h10-12H,4-9,15H2,1-3H3. The molecule has 0 aromatic rings. The third kappa shape index (κ3) is 2.97. The SMILES string of the molecule is CC(C)(C)OC(=O)N1CC(CN)C2CCCC2C1. The van der Waals surface area contributed by atoms with E-state index in [1.54, 1.807) is 0 Å². The molecule has 1 saturated carbocycles. The zero-order valence-corrected chi connectivity index (χ0v) is 11.8. The summed E-state index contributed by atoms with van der Waals surface area (Å²) in [5.41, 5.74) is 5.46. The number of piperidine rings is 1. The molecule has 0 bridgehead atoms. The first-order chi connectivity index (χ1) is 8.40. The van der Waals surface area contributed by atoms with Crippen molar-refractivity contribution in [3.63, 3.8) is 0 Å². The Balaban J connectivity index is 2.00. The van der Waals surface area contributed by atoms with Crippen LogP contribution in [0.15, 0.2) is 0 Å². The Labute approximate surface area is 110 Å². The highest BCUT2D eigenvalue weighted by Crippen LogP contribution is 2.40.